The summed E-state index contributed by atoms with van der Waals surface area (Å²) in [5.74, 6) is 0. The van der Waals surface area contributed by atoms with Crippen molar-refractivity contribution < 1.29 is 0 Å². The fourth-order valence-electron chi connectivity index (χ4n) is 18.8. The predicted molar refractivity (Wildman–Crippen MR) is 423 cm³/mol. The molecule has 460 valence electrons. The van der Waals surface area contributed by atoms with Crippen molar-refractivity contribution in [2.45, 2.75) is 0 Å². The molecule has 0 N–H and O–H groups in total. The van der Waals surface area contributed by atoms with Gasteiger partial charge in [0, 0.05) is 118 Å². The minimum Gasteiger partial charge on any atom is -0.311 e. The van der Waals surface area contributed by atoms with Crippen LogP contribution < -0.4 is 78.6 Å². The number of para-hydroxylation sites is 9. The van der Waals surface area contributed by atoms with Crippen LogP contribution in [-0.2, 0) is 0 Å². The molecule has 0 aliphatic carbocycles. The summed E-state index contributed by atoms with van der Waals surface area (Å²) in [6, 6.07) is 128. The minimum absolute atomic E-state index is 0.0864. The monoisotopic (exact) mass is 1270 g/mol. The summed E-state index contributed by atoms with van der Waals surface area (Å²) in [6.45, 7) is -0.328. The molecule has 0 saturated heterocycles. The maximum atomic E-state index is 2.71. The van der Waals surface area contributed by atoms with Gasteiger partial charge in [0.1, 0.15) is 0 Å². The zero-order valence-corrected chi connectivity index (χ0v) is 54.2. The predicted octanol–water partition coefficient (Wildman–Crippen LogP) is 17.1. The van der Waals surface area contributed by atoms with Gasteiger partial charge in [0.25, 0.3) is 20.1 Å². The van der Waals surface area contributed by atoms with Gasteiger partial charge in [0.2, 0.25) is 0 Å². The molecule has 23 rings (SSSR count). The van der Waals surface area contributed by atoms with Crippen molar-refractivity contribution in [2.24, 2.45) is 0 Å². The Morgan fingerprint density at radius 2 is 0.480 bits per heavy atom. The van der Waals surface area contributed by atoms with Crippen molar-refractivity contribution >= 4 is 210 Å². The van der Waals surface area contributed by atoms with Crippen molar-refractivity contribution in [3.63, 3.8) is 0 Å². The van der Waals surface area contributed by atoms with Crippen LogP contribution in [0.15, 0.2) is 340 Å². The highest BCUT2D eigenvalue weighted by Crippen LogP contribution is 2.54. The average Bonchev–Trinajstić information content (AvgIpc) is 1.40. The smallest absolute Gasteiger partial charge is 0.252 e. The van der Waals surface area contributed by atoms with E-state index in [2.05, 4.69) is 374 Å². The molecule has 100 heavy (non-hydrogen) atoms. The van der Waals surface area contributed by atoms with E-state index >= 15 is 0 Å². The Hall–Kier alpha value is -12.9. The molecular weight excluding hydrogens is 1210 g/mol. The van der Waals surface area contributed by atoms with E-state index in [0.717, 1.165) is 34.1 Å². The normalized spacial score (nSPS) is 14.0. The number of nitrogens with zero attached hydrogens (tertiary/aromatic N) is 7. The third kappa shape index (κ3) is 7.15. The highest BCUT2D eigenvalue weighted by atomic mass is 15.2. The highest BCUT2D eigenvalue weighted by Gasteiger charge is 2.49. The third-order valence-electron chi connectivity index (χ3n) is 22.5. The summed E-state index contributed by atoms with van der Waals surface area (Å²) >= 11 is 0. The summed E-state index contributed by atoms with van der Waals surface area (Å²) in [5, 5.41) is 4.92. The molecule has 0 radical (unpaired) electrons. The molecular formula is C90H56B3N7. The quantitative estimate of drug-likeness (QED) is 0.154. The number of hydrogen-bond acceptors (Lipinski definition) is 6. The number of fused-ring (bicyclic) bond motifs is 19. The van der Waals surface area contributed by atoms with Crippen molar-refractivity contribution in [2.75, 3.05) is 29.4 Å². The Morgan fingerprint density at radius 1 is 0.190 bits per heavy atom. The Labute approximate surface area is 579 Å². The molecule has 0 spiro atoms. The Kier molecular flexibility index (Phi) is 11.0. The zero-order valence-electron chi connectivity index (χ0n) is 54.2. The van der Waals surface area contributed by atoms with Crippen LogP contribution in [0, 0.1) is 0 Å². The molecule has 7 nitrogen and oxygen atoms in total. The van der Waals surface area contributed by atoms with Crippen LogP contribution in [0.5, 0.6) is 0 Å². The van der Waals surface area contributed by atoms with Gasteiger partial charge in [-0.1, -0.05) is 194 Å². The summed E-state index contributed by atoms with van der Waals surface area (Å²) in [7, 11) is 0. The number of rotatable bonds is 6. The lowest BCUT2D eigenvalue weighted by Crippen LogP contribution is -2.61. The van der Waals surface area contributed by atoms with E-state index in [-0.39, 0.29) is 20.1 Å². The van der Waals surface area contributed by atoms with Gasteiger partial charge in [-0.15, -0.1) is 0 Å². The van der Waals surface area contributed by atoms with E-state index in [0.29, 0.717) is 0 Å². The van der Waals surface area contributed by atoms with E-state index in [1.54, 1.807) is 0 Å². The van der Waals surface area contributed by atoms with Gasteiger partial charge in [0.05, 0.1) is 22.2 Å². The fraction of sp³-hybridized carbons (Fsp3) is 0. The van der Waals surface area contributed by atoms with Crippen LogP contribution in [0.2, 0.25) is 0 Å². The second-order valence-corrected chi connectivity index (χ2v) is 27.4. The Morgan fingerprint density at radius 3 is 0.880 bits per heavy atom. The number of hydrogen-bond donors (Lipinski definition) is 0. The van der Waals surface area contributed by atoms with Crippen LogP contribution in [0.25, 0.3) is 38.1 Å². The molecule has 0 saturated carbocycles. The van der Waals surface area contributed by atoms with Gasteiger partial charge in [0.15, 0.2) is 0 Å². The molecule has 2 aromatic heterocycles. The van der Waals surface area contributed by atoms with Gasteiger partial charge in [-0.05, 0) is 195 Å². The molecule has 8 heterocycles. The van der Waals surface area contributed by atoms with Crippen molar-refractivity contribution in [1.29, 1.82) is 0 Å². The SMILES string of the molecule is c1ccc(N2c3ccccc3B3c4cc5c(cc4N(c4ccccc4)c4cccc2c43)c2c3c(cc4c6cc7c(cc6n5c42)N(c2ccccc2)c2cccc4c2B7c2ccccc2N4c2ccccc2)B2c4ccccc4N(c4ccccc4)c4cccc(c42)N3c2ccccc2)cc1. The van der Waals surface area contributed by atoms with E-state index in [1.165, 1.54) is 156 Å². The lowest BCUT2D eigenvalue weighted by atomic mass is 9.33. The summed E-state index contributed by atoms with van der Waals surface area (Å²) in [4.78, 5) is 15.3. The molecule has 0 unspecified atom stereocenters. The standard InChI is InChI=1S/C90H56B3N7/c1-7-28-57(29-8-1)94-72-43-22-19-40-66(72)91-69-52-63-64-53-71-90(99(62-38-17-6-18-39-62)80-51-27-48-77-88(80)93(71)68-42-21-24-45-74(68)96(77)59-32-11-3-12-33-59)85-65-54-83-70(55-81(65)100(89(64)85)82(63)56-84(69)98(61-36-15-5-16-37-61)79-50-26-46-75(94)86(79)91)92-67-41-20-23-44-73(67)95(58-30-9-2-10-31-58)76-47-25-49-78(87(76)92)97(83)60-34-13-4-14-35-60/h1-56H. The van der Waals surface area contributed by atoms with Crippen LogP contribution in [0.1, 0.15) is 0 Å². The zero-order chi connectivity index (χ0) is 65.0. The van der Waals surface area contributed by atoms with Crippen molar-refractivity contribution in [3.05, 3.63) is 340 Å². The molecule has 0 atom stereocenters. The lowest BCUT2D eigenvalue weighted by molar-refractivity contribution is 1.25. The highest BCUT2D eigenvalue weighted by molar-refractivity contribution is 7.02. The average molecular weight is 1270 g/mol. The largest absolute Gasteiger partial charge is 0.311 e. The maximum Gasteiger partial charge on any atom is 0.252 e. The third-order valence-corrected chi connectivity index (χ3v) is 22.5. The van der Waals surface area contributed by atoms with Gasteiger partial charge < -0.3 is 33.8 Å². The van der Waals surface area contributed by atoms with Gasteiger partial charge in [-0.25, -0.2) is 0 Å². The van der Waals surface area contributed by atoms with Gasteiger partial charge in [-0.2, -0.15) is 0 Å². The van der Waals surface area contributed by atoms with Crippen LogP contribution in [0.3, 0.4) is 0 Å². The van der Waals surface area contributed by atoms with Crippen LogP contribution >= 0.6 is 0 Å². The Bertz CT molecular complexity index is 6290. The Balaban J connectivity index is 0.891. The van der Waals surface area contributed by atoms with E-state index in [9.17, 15) is 0 Å². The molecule has 0 bridgehead atoms. The molecule has 0 amide bonds. The van der Waals surface area contributed by atoms with Crippen LogP contribution in [0.4, 0.5) is 102 Å². The fourth-order valence-corrected chi connectivity index (χ4v) is 18.8. The molecule has 17 aromatic rings. The van der Waals surface area contributed by atoms with E-state index < -0.39 is 0 Å². The molecule has 15 aromatic carbocycles. The first-order valence-corrected chi connectivity index (χ1v) is 34.9. The van der Waals surface area contributed by atoms with Gasteiger partial charge in [-0.3, -0.25) is 0 Å². The number of anilines is 18. The minimum atomic E-state index is -0.134. The van der Waals surface area contributed by atoms with E-state index in [1.807, 2.05) is 0 Å². The maximum absolute atomic E-state index is 2.71. The van der Waals surface area contributed by atoms with Crippen molar-refractivity contribution in [1.82, 2.24) is 4.40 Å². The second kappa shape index (κ2) is 20.3. The topological polar surface area (TPSA) is 23.9 Å². The van der Waals surface area contributed by atoms with Gasteiger partial charge >= 0.3 is 0 Å². The summed E-state index contributed by atoms with van der Waals surface area (Å²) in [5.41, 5.74) is 36.2. The first-order valence-electron chi connectivity index (χ1n) is 34.9. The molecule has 10 heteroatoms. The summed E-state index contributed by atoms with van der Waals surface area (Å²) in [6.07, 6.45) is 0. The lowest BCUT2D eigenvalue weighted by Gasteiger charge is -2.44. The van der Waals surface area contributed by atoms with Crippen molar-refractivity contribution in [3.8, 4) is 0 Å². The summed E-state index contributed by atoms with van der Waals surface area (Å²) < 4.78 is 2.71. The molecule has 6 aliphatic heterocycles. The number of aromatic nitrogens is 1. The first-order chi connectivity index (χ1) is 49.7. The second-order valence-electron chi connectivity index (χ2n) is 27.4. The number of benzene rings is 15. The first kappa shape index (κ1) is 54.2. The van der Waals surface area contributed by atoms with Crippen LogP contribution in [-0.4, -0.2) is 24.5 Å². The van der Waals surface area contributed by atoms with E-state index in [4.69, 9.17) is 0 Å². The molecule has 6 aliphatic rings. The molecule has 0 fully saturated rings.